The first-order valence-corrected chi connectivity index (χ1v) is 6.79. The number of hydrogen-bond acceptors (Lipinski definition) is 3. The second-order valence-corrected chi connectivity index (χ2v) is 5.92. The third-order valence-electron chi connectivity index (χ3n) is 2.33. The lowest BCUT2D eigenvalue weighted by atomic mass is 10.0. The van der Waals surface area contributed by atoms with Crippen molar-refractivity contribution in [3.8, 4) is 0 Å². The predicted molar refractivity (Wildman–Crippen MR) is 71.6 cm³/mol. The molecule has 0 saturated heterocycles. The number of halogens is 2. The standard InChI is InChI=1S/C13H15F2NO3S/c1-13(2,6-12(18)19)16-11(17)7-20-8-3-4-9(14)10(15)5-8/h3-5H,6-7H2,1-2H3,(H,16,17)(H,18,19). The molecule has 4 nitrogen and oxygen atoms in total. The Bertz CT molecular complexity index is 520. The van der Waals surface area contributed by atoms with Crippen molar-refractivity contribution in [1.82, 2.24) is 5.32 Å². The Morgan fingerprint density at radius 2 is 1.95 bits per heavy atom. The van der Waals surface area contributed by atoms with Gasteiger partial charge < -0.3 is 10.4 Å². The van der Waals surface area contributed by atoms with Gasteiger partial charge in [0.1, 0.15) is 0 Å². The first-order valence-electron chi connectivity index (χ1n) is 5.80. The van der Waals surface area contributed by atoms with E-state index in [0.717, 1.165) is 23.9 Å². The first kappa shape index (κ1) is 16.4. The highest BCUT2D eigenvalue weighted by Gasteiger charge is 2.23. The summed E-state index contributed by atoms with van der Waals surface area (Å²) in [4.78, 5) is 22.7. The van der Waals surface area contributed by atoms with E-state index in [1.165, 1.54) is 6.07 Å². The number of carboxylic acid groups (broad SMARTS) is 1. The summed E-state index contributed by atoms with van der Waals surface area (Å²) in [5.74, 6) is -3.30. The Labute approximate surface area is 119 Å². The lowest BCUT2D eigenvalue weighted by Crippen LogP contribution is -2.45. The van der Waals surface area contributed by atoms with Gasteiger partial charge in [0.2, 0.25) is 5.91 Å². The lowest BCUT2D eigenvalue weighted by molar-refractivity contribution is -0.138. The maximum Gasteiger partial charge on any atom is 0.305 e. The van der Waals surface area contributed by atoms with E-state index >= 15 is 0 Å². The van der Waals surface area contributed by atoms with E-state index in [1.54, 1.807) is 13.8 Å². The Hall–Kier alpha value is -1.63. The summed E-state index contributed by atoms with van der Waals surface area (Å²) in [6.07, 6.45) is -0.200. The van der Waals surface area contributed by atoms with Crippen LogP contribution in [-0.2, 0) is 9.59 Å². The Morgan fingerprint density at radius 1 is 1.30 bits per heavy atom. The fourth-order valence-electron chi connectivity index (χ4n) is 1.55. The molecule has 1 aromatic carbocycles. The van der Waals surface area contributed by atoms with Crippen molar-refractivity contribution in [1.29, 1.82) is 0 Å². The number of nitrogens with one attached hydrogen (secondary N) is 1. The van der Waals surface area contributed by atoms with Crippen LogP contribution in [0.4, 0.5) is 8.78 Å². The molecule has 0 atom stereocenters. The zero-order valence-electron chi connectivity index (χ0n) is 11.1. The number of carbonyl (C=O) groups is 2. The van der Waals surface area contributed by atoms with E-state index in [2.05, 4.69) is 5.32 Å². The molecular weight excluding hydrogens is 288 g/mol. The molecule has 0 saturated carbocycles. The average molecular weight is 303 g/mol. The molecule has 0 spiro atoms. The molecule has 110 valence electrons. The van der Waals surface area contributed by atoms with Crippen LogP contribution in [0.15, 0.2) is 23.1 Å². The van der Waals surface area contributed by atoms with E-state index in [4.69, 9.17) is 5.11 Å². The van der Waals surface area contributed by atoms with Gasteiger partial charge in [0, 0.05) is 10.4 Å². The highest BCUT2D eigenvalue weighted by atomic mass is 32.2. The van der Waals surface area contributed by atoms with Crippen LogP contribution in [0.2, 0.25) is 0 Å². The largest absolute Gasteiger partial charge is 0.481 e. The smallest absolute Gasteiger partial charge is 0.305 e. The number of rotatable bonds is 6. The molecule has 7 heteroatoms. The number of amides is 1. The van der Waals surface area contributed by atoms with Crippen LogP contribution < -0.4 is 5.32 Å². The van der Waals surface area contributed by atoms with Crippen LogP contribution in [0.25, 0.3) is 0 Å². The van der Waals surface area contributed by atoms with Crippen molar-refractivity contribution in [2.45, 2.75) is 30.7 Å². The molecule has 2 N–H and O–H groups in total. The van der Waals surface area contributed by atoms with Crippen LogP contribution in [0.5, 0.6) is 0 Å². The molecule has 1 amide bonds. The maximum atomic E-state index is 13.0. The zero-order valence-corrected chi connectivity index (χ0v) is 11.9. The molecule has 0 aromatic heterocycles. The van der Waals surface area contributed by atoms with Crippen LogP contribution in [0.1, 0.15) is 20.3 Å². The highest BCUT2D eigenvalue weighted by molar-refractivity contribution is 8.00. The predicted octanol–water partition coefficient (Wildman–Crippen LogP) is 2.43. The van der Waals surface area contributed by atoms with Crippen LogP contribution in [0, 0.1) is 11.6 Å². The average Bonchev–Trinajstić information content (AvgIpc) is 2.28. The van der Waals surface area contributed by atoms with Crippen LogP contribution >= 0.6 is 11.8 Å². The van der Waals surface area contributed by atoms with Gasteiger partial charge in [0.05, 0.1) is 12.2 Å². The van der Waals surface area contributed by atoms with E-state index < -0.39 is 23.1 Å². The van der Waals surface area contributed by atoms with E-state index in [9.17, 15) is 18.4 Å². The number of benzene rings is 1. The highest BCUT2D eigenvalue weighted by Crippen LogP contribution is 2.20. The van der Waals surface area contributed by atoms with Crippen LogP contribution in [-0.4, -0.2) is 28.3 Å². The first-order chi connectivity index (χ1) is 9.19. The fraction of sp³-hybridized carbons (Fsp3) is 0.385. The zero-order chi connectivity index (χ0) is 15.3. The van der Waals surface area contributed by atoms with Gasteiger partial charge in [-0.25, -0.2) is 8.78 Å². The molecule has 0 aliphatic carbocycles. The summed E-state index contributed by atoms with van der Waals surface area (Å²) in [5, 5.41) is 11.3. The van der Waals surface area contributed by atoms with Crippen molar-refractivity contribution in [2.24, 2.45) is 0 Å². The van der Waals surface area contributed by atoms with Gasteiger partial charge in [-0.3, -0.25) is 9.59 Å². The van der Waals surface area contributed by atoms with Gasteiger partial charge in [0.15, 0.2) is 11.6 Å². The third kappa shape index (κ3) is 5.56. The second-order valence-electron chi connectivity index (χ2n) is 4.87. The Kier molecular flexibility index (Phi) is 5.50. The lowest BCUT2D eigenvalue weighted by Gasteiger charge is -2.24. The van der Waals surface area contributed by atoms with Gasteiger partial charge in [-0.1, -0.05) is 0 Å². The fourth-order valence-corrected chi connectivity index (χ4v) is 2.27. The summed E-state index contributed by atoms with van der Waals surface area (Å²) in [5.41, 5.74) is -0.864. The van der Waals surface area contributed by atoms with Gasteiger partial charge in [-0.2, -0.15) is 0 Å². The molecule has 1 aromatic rings. The van der Waals surface area contributed by atoms with E-state index in [0.29, 0.717) is 4.90 Å². The van der Waals surface area contributed by atoms with E-state index in [1.807, 2.05) is 0 Å². The topological polar surface area (TPSA) is 66.4 Å². The quantitative estimate of drug-likeness (QED) is 0.792. The summed E-state index contributed by atoms with van der Waals surface area (Å²) >= 11 is 1.04. The molecule has 1 rings (SSSR count). The van der Waals surface area contributed by atoms with Crippen molar-refractivity contribution < 1.29 is 23.5 Å². The molecule has 0 unspecified atom stereocenters. The molecule has 0 fully saturated rings. The normalized spacial score (nSPS) is 11.2. The second kappa shape index (κ2) is 6.69. The number of thioether (sulfide) groups is 1. The molecule has 0 radical (unpaired) electrons. The molecule has 0 aliphatic rings. The van der Waals surface area contributed by atoms with Crippen molar-refractivity contribution in [2.75, 3.05) is 5.75 Å². The Balaban J connectivity index is 2.51. The van der Waals surface area contributed by atoms with Crippen molar-refractivity contribution >= 4 is 23.6 Å². The minimum absolute atomic E-state index is 0.00583. The van der Waals surface area contributed by atoms with Crippen molar-refractivity contribution in [3.63, 3.8) is 0 Å². The number of carbonyl (C=O) groups excluding carboxylic acids is 1. The molecule has 20 heavy (non-hydrogen) atoms. The number of aliphatic carboxylic acids is 1. The number of carboxylic acids is 1. The molecular formula is C13H15F2NO3S. The van der Waals surface area contributed by atoms with Gasteiger partial charge in [-0.15, -0.1) is 11.8 Å². The van der Waals surface area contributed by atoms with Gasteiger partial charge in [-0.05, 0) is 32.0 Å². The maximum absolute atomic E-state index is 13.0. The van der Waals surface area contributed by atoms with Gasteiger partial charge in [0.25, 0.3) is 0 Å². The van der Waals surface area contributed by atoms with Crippen LogP contribution in [0.3, 0.4) is 0 Å². The van der Waals surface area contributed by atoms with Crippen molar-refractivity contribution in [3.05, 3.63) is 29.8 Å². The monoisotopic (exact) mass is 303 g/mol. The minimum Gasteiger partial charge on any atom is -0.481 e. The third-order valence-corrected chi connectivity index (χ3v) is 3.33. The summed E-state index contributed by atoms with van der Waals surface area (Å²) in [6, 6.07) is 3.37. The minimum atomic E-state index is -1.01. The summed E-state index contributed by atoms with van der Waals surface area (Å²) in [7, 11) is 0. The van der Waals surface area contributed by atoms with Gasteiger partial charge >= 0.3 is 5.97 Å². The molecule has 0 aliphatic heterocycles. The summed E-state index contributed by atoms with van der Waals surface area (Å²) in [6.45, 7) is 3.20. The van der Waals surface area contributed by atoms with E-state index in [-0.39, 0.29) is 18.1 Å². The summed E-state index contributed by atoms with van der Waals surface area (Å²) < 4.78 is 25.7. The molecule has 0 heterocycles. The SMILES string of the molecule is CC(C)(CC(=O)O)NC(=O)CSc1ccc(F)c(F)c1. The Morgan fingerprint density at radius 3 is 2.50 bits per heavy atom. The number of hydrogen-bond donors (Lipinski definition) is 2. The molecule has 0 bridgehead atoms.